The van der Waals surface area contributed by atoms with E-state index in [0.29, 0.717) is 11.4 Å². The Hall–Kier alpha value is -1.42. The number of aryl methyl sites for hydroxylation is 1. The molecule has 0 atom stereocenters. The fourth-order valence-electron chi connectivity index (χ4n) is 1.09. The average molecular weight is 180 g/mol. The molecule has 1 aromatic rings. The number of amides is 1. The summed E-state index contributed by atoms with van der Waals surface area (Å²) in [6, 6.07) is 3.40. The van der Waals surface area contributed by atoms with E-state index >= 15 is 0 Å². The fraction of sp³-hybridized carbons (Fsp3) is 0.333. The first-order valence-corrected chi connectivity index (χ1v) is 3.98. The van der Waals surface area contributed by atoms with Crippen molar-refractivity contribution in [2.24, 2.45) is 0 Å². The number of carbonyl (C=O) groups is 1. The van der Waals surface area contributed by atoms with Gasteiger partial charge in [-0.2, -0.15) is 0 Å². The Balaban J connectivity index is 2.94. The highest BCUT2D eigenvalue weighted by Crippen LogP contribution is 2.10. The highest BCUT2D eigenvalue weighted by atomic mass is 16.3. The molecule has 13 heavy (non-hydrogen) atoms. The molecule has 0 fully saturated rings. The fourth-order valence-corrected chi connectivity index (χ4v) is 1.09. The third-order valence-corrected chi connectivity index (χ3v) is 1.49. The lowest BCUT2D eigenvalue weighted by molar-refractivity contribution is -0.114. The first kappa shape index (κ1) is 9.67. The van der Waals surface area contributed by atoms with Crippen molar-refractivity contribution in [3.63, 3.8) is 0 Å². The minimum absolute atomic E-state index is 0.117. The first-order valence-electron chi connectivity index (χ1n) is 3.98. The quantitative estimate of drug-likeness (QED) is 0.709. The lowest BCUT2D eigenvalue weighted by Crippen LogP contribution is -2.07. The molecule has 0 saturated carbocycles. The molecule has 0 unspecified atom stereocenters. The number of anilines is 1. The Bertz CT molecular complexity index is 323. The summed E-state index contributed by atoms with van der Waals surface area (Å²) in [4.78, 5) is 14.8. The smallest absolute Gasteiger partial charge is 0.221 e. The van der Waals surface area contributed by atoms with Crippen molar-refractivity contribution in [3.8, 4) is 0 Å². The van der Waals surface area contributed by atoms with E-state index in [9.17, 15) is 4.79 Å². The van der Waals surface area contributed by atoms with Crippen LogP contribution in [0.15, 0.2) is 12.1 Å². The van der Waals surface area contributed by atoms with Gasteiger partial charge in [0, 0.05) is 18.3 Å². The third kappa shape index (κ3) is 2.83. The molecule has 1 rings (SSSR count). The first-order chi connectivity index (χ1) is 6.11. The lowest BCUT2D eigenvalue weighted by Gasteiger charge is -2.04. The van der Waals surface area contributed by atoms with E-state index in [-0.39, 0.29) is 12.5 Å². The molecule has 0 aliphatic carbocycles. The van der Waals surface area contributed by atoms with E-state index in [2.05, 4.69) is 10.3 Å². The van der Waals surface area contributed by atoms with Crippen molar-refractivity contribution < 1.29 is 9.90 Å². The Labute approximate surface area is 76.6 Å². The van der Waals surface area contributed by atoms with Gasteiger partial charge < -0.3 is 10.4 Å². The van der Waals surface area contributed by atoms with Crippen LogP contribution in [0.3, 0.4) is 0 Å². The van der Waals surface area contributed by atoms with Crippen molar-refractivity contribution in [1.29, 1.82) is 0 Å². The third-order valence-electron chi connectivity index (χ3n) is 1.49. The number of hydrogen-bond acceptors (Lipinski definition) is 3. The predicted octanol–water partition coefficient (Wildman–Crippen LogP) is 0.841. The maximum Gasteiger partial charge on any atom is 0.221 e. The molecule has 4 heteroatoms. The molecule has 0 radical (unpaired) electrons. The highest BCUT2D eigenvalue weighted by molar-refractivity contribution is 5.88. The molecule has 4 nitrogen and oxygen atoms in total. The molecule has 0 bridgehead atoms. The van der Waals surface area contributed by atoms with Crippen molar-refractivity contribution >= 4 is 11.6 Å². The number of pyridine rings is 1. The summed E-state index contributed by atoms with van der Waals surface area (Å²) in [5.41, 5.74) is 2.00. The SMILES string of the molecule is CC(=O)Nc1cc(C)nc(CO)c1. The van der Waals surface area contributed by atoms with Gasteiger partial charge >= 0.3 is 0 Å². The maximum absolute atomic E-state index is 10.7. The Kier molecular flexibility index (Phi) is 2.97. The molecule has 0 aromatic carbocycles. The molecule has 1 heterocycles. The van der Waals surface area contributed by atoms with Gasteiger partial charge in [-0.15, -0.1) is 0 Å². The van der Waals surface area contributed by atoms with Gasteiger partial charge in [-0.05, 0) is 19.1 Å². The molecule has 1 aromatic heterocycles. The normalized spacial score (nSPS) is 9.77. The standard InChI is InChI=1S/C9H12N2O2/c1-6-3-8(11-7(2)13)4-9(5-12)10-6/h3-4,12H,5H2,1-2H3,(H,10,11,13). The summed E-state index contributed by atoms with van der Waals surface area (Å²) in [7, 11) is 0. The zero-order valence-electron chi connectivity index (χ0n) is 7.66. The molecule has 1 amide bonds. The zero-order chi connectivity index (χ0) is 9.84. The summed E-state index contributed by atoms with van der Waals surface area (Å²) in [5, 5.41) is 11.5. The van der Waals surface area contributed by atoms with E-state index < -0.39 is 0 Å². The Morgan fingerprint density at radius 2 is 2.31 bits per heavy atom. The summed E-state index contributed by atoms with van der Waals surface area (Å²) >= 11 is 0. The van der Waals surface area contributed by atoms with Crippen molar-refractivity contribution in [1.82, 2.24) is 4.98 Å². The van der Waals surface area contributed by atoms with E-state index in [1.165, 1.54) is 6.92 Å². The van der Waals surface area contributed by atoms with Gasteiger partial charge in [-0.3, -0.25) is 9.78 Å². The largest absolute Gasteiger partial charge is 0.390 e. The van der Waals surface area contributed by atoms with Crippen LogP contribution in [0.5, 0.6) is 0 Å². The second-order valence-corrected chi connectivity index (χ2v) is 2.83. The van der Waals surface area contributed by atoms with Crippen LogP contribution in [-0.4, -0.2) is 16.0 Å². The molecule has 0 aliphatic heterocycles. The monoisotopic (exact) mass is 180 g/mol. The minimum Gasteiger partial charge on any atom is -0.390 e. The Morgan fingerprint density at radius 1 is 1.62 bits per heavy atom. The number of nitrogens with one attached hydrogen (secondary N) is 1. The van der Waals surface area contributed by atoms with Gasteiger partial charge in [0.05, 0.1) is 12.3 Å². The number of hydrogen-bond donors (Lipinski definition) is 2. The molecular formula is C9H12N2O2. The number of nitrogens with zero attached hydrogens (tertiary/aromatic N) is 1. The number of rotatable bonds is 2. The van der Waals surface area contributed by atoms with Crippen molar-refractivity contribution in [3.05, 3.63) is 23.5 Å². The van der Waals surface area contributed by atoms with Crippen LogP contribution >= 0.6 is 0 Å². The summed E-state index contributed by atoms with van der Waals surface area (Å²) in [6.45, 7) is 3.13. The second kappa shape index (κ2) is 4.00. The van der Waals surface area contributed by atoms with Gasteiger partial charge in [0.2, 0.25) is 5.91 Å². The van der Waals surface area contributed by atoms with Crippen LogP contribution in [0.2, 0.25) is 0 Å². The predicted molar refractivity (Wildman–Crippen MR) is 49.2 cm³/mol. The highest BCUT2D eigenvalue weighted by Gasteiger charge is 2.00. The number of carbonyl (C=O) groups excluding carboxylic acids is 1. The molecule has 70 valence electrons. The topological polar surface area (TPSA) is 62.2 Å². The molecule has 0 saturated heterocycles. The van der Waals surface area contributed by atoms with Crippen LogP contribution in [0.4, 0.5) is 5.69 Å². The molecular weight excluding hydrogens is 168 g/mol. The lowest BCUT2D eigenvalue weighted by atomic mass is 10.2. The van der Waals surface area contributed by atoms with E-state index in [0.717, 1.165) is 5.69 Å². The van der Waals surface area contributed by atoms with Crippen LogP contribution in [0.25, 0.3) is 0 Å². The van der Waals surface area contributed by atoms with Crippen LogP contribution in [0, 0.1) is 6.92 Å². The summed E-state index contributed by atoms with van der Waals surface area (Å²) in [6.07, 6.45) is 0. The van der Waals surface area contributed by atoms with Gasteiger partial charge in [0.15, 0.2) is 0 Å². The van der Waals surface area contributed by atoms with E-state index in [4.69, 9.17) is 5.11 Å². The van der Waals surface area contributed by atoms with E-state index in [1.807, 2.05) is 6.92 Å². The maximum atomic E-state index is 10.7. The average Bonchev–Trinajstić information content (AvgIpc) is 2.01. The van der Waals surface area contributed by atoms with Gasteiger partial charge in [-0.1, -0.05) is 0 Å². The van der Waals surface area contributed by atoms with Gasteiger partial charge in [0.1, 0.15) is 0 Å². The molecule has 0 aliphatic rings. The number of aromatic nitrogens is 1. The van der Waals surface area contributed by atoms with E-state index in [1.54, 1.807) is 12.1 Å². The summed E-state index contributed by atoms with van der Waals surface area (Å²) in [5.74, 6) is -0.130. The van der Waals surface area contributed by atoms with Gasteiger partial charge in [-0.25, -0.2) is 0 Å². The van der Waals surface area contributed by atoms with Crippen LogP contribution < -0.4 is 5.32 Å². The number of aliphatic hydroxyl groups excluding tert-OH is 1. The van der Waals surface area contributed by atoms with Crippen molar-refractivity contribution in [2.45, 2.75) is 20.5 Å². The van der Waals surface area contributed by atoms with Gasteiger partial charge in [0.25, 0.3) is 0 Å². The molecule has 0 spiro atoms. The van der Waals surface area contributed by atoms with Crippen LogP contribution in [0.1, 0.15) is 18.3 Å². The number of aliphatic hydroxyl groups is 1. The second-order valence-electron chi connectivity index (χ2n) is 2.83. The molecule has 2 N–H and O–H groups in total. The Morgan fingerprint density at radius 3 is 2.85 bits per heavy atom. The minimum atomic E-state index is -0.130. The van der Waals surface area contributed by atoms with Crippen LogP contribution in [-0.2, 0) is 11.4 Å². The van der Waals surface area contributed by atoms with Crippen molar-refractivity contribution in [2.75, 3.05) is 5.32 Å². The summed E-state index contributed by atoms with van der Waals surface area (Å²) < 4.78 is 0. The zero-order valence-corrected chi connectivity index (χ0v) is 7.66.